The Morgan fingerprint density at radius 3 is 1.96 bits per heavy atom. The van der Waals surface area contributed by atoms with Crippen molar-refractivity contribution in [3.05, 3.63) is 94.5 Å². The number of ketones is 1. The van der Waals surface area contributed by atoms with Crippen LogP contribution < -0.4 is 0 Å². The van der Waals surface area contributed by atoms with Crippen LogP contribution in [0.4, 0.5) is 0 Å². The lowest BCUT2D eigenvalue weighted by Crippen LogP contribution is -2.15. The van der Waals surface area contributed by atoms with E-state index in [2.05, 4.69) is 0 Å². The van der Waals surface area contributed by atoms with Gasteiger partial charge >= 0.3 is 7.60 Å². The SMILES string of the molecule is Cc1ccccc1C(=O)c1c(-c2ccccc2)ccc(C)c1C(=O)P(=O)(O)O. The second-order valence-electron chi connectivity index (χ2n) is 6.54. The highest BCUT2D eigenvalue weighted by molar-refractivity contribution is 7.70. The van der Waals surface area contributed by atoms with Crippen LogP contribution in [0.5, 0.6) is 0 Å². The number of aryl methyl sites for hydroxylation is 2. The topological polar surface area (TPSA) is 91.7 Å². The van der Waals surface area contributed by atoms with Crippen molar-refractivity contribution in [3.63, 3.8) is 0 Å². The molecule has 142 valence electrons. The summed E-state index contributed by atoms with van der Waals surface area (Å²) in [6, 6.07) is 19.2. The molecular formula is C22H19O5P. The summed E-state index contributed by atoms with van der Waals surface area (Å²) in [6.45, 7) is 3.34. The highest BCUT2D eigenvalue weighted by Crippen LogP contribution is 2.43. The molecule has 0 unspecified atom stereocenters. The molecule has 0 spiro atoms. The molecule has 0 saturated carbocycles. The summed E-state index contributed by atoms with van der Waals surface area (Å²) in [7, 11) is -5.08. The van der Waals surface area contributed by atoms with Crippen molar-refractivity contribution in [2.24, 2.45) is 0 Å². The quantitative estimate of drug-likeness (QED) is 0.490. The van der Waals surface area contributed by atoms with Crippen LogP contribution in [0.15, 0.2) is 66.7 Å². The van der Waals surface area contributed by atoms with Crippen LogP contribution in [0.1, 0.15) is 37.4 Å². The molecule has 0 aliphatic carbocycles. The Morgan fingerprint density at radius 1 is 0.750 bits per heavy atom. The van der Waals surface area contributed by atoms with Crippen molar-refractivity contribution >= 4 is 18.9 Å². The maximum atomic E-state index is 13.5. The van der Waals surface area contributed by atoms with Crippen LogP contribution in [-0.2, 0) is 4.57 Å². The third-order valence-corrected chi connectivity index (χ3v) is 5.35. The first-order valence-electron chi connectivity index (χ1n) is 8.61. The molecule has 28 heavy (non-hydrogen) atoms. The third kappa shape index (κ3) is 3.73. The molecule has 0 amide bonds. The van der Waals surface area contributed by atoms with E-state index < -0.39 is 18.9 Å². The normalized spacial score (nSPS) is 11.3. The Bertz CT molecular complexity index is 1110. The van der Waals surface area contributed by atoms with E-state index in [1.165, 1.54) is 0 Å². The van der Waals surface area contributed by atoms with Crippen LogP contribution in [0, 0.1) is 13.8 Å². The van der Waals surface area contributed by atoms with Gasteiger partial charge in [-0.05, 0) is 36.1 Å². The summed E-state index contributed by atoms with van der Waals surface area (Å²) in [5.74, 6) is -0.447. The number of hydrogen-bond donors (Lipinski definition) is 2. The van der Waals surface area contributed by atoms with E-state index in [1.807, 2.05) is 6.07 Å². The summed E-state index contributed by atoms with van der Waals surface area (Å²) >= 11 is 0. The molecule has 0 bridgehead atoms. The Balaban J connectivity index is 2.38. The fraction of sp³-hybridized carbons (Fsp3) is 0.0909. The van der Waals surface area contributed by atoms with Crippen molar-refractivity contribution in [2.75, 3.05) is 0 Å². The van der Waals surface area contributed by atoms with E-state index >= 15 is 0 Å². The van der Waals surface area contributed by atoms with E-state index in [0.29, 0.717) is 27.8 Å². The van der Waals surface area contributed by atoms with E-state index in [-0.39, 0.29) is 11.1 Å². The molecule has 5 nitrogen and oxygen atoms in total. The molecule has 2 N–H and O–H groups in total. The van der Waals surface area contributed by atoms with Crippen LogP contribution in [0.25, 0.3) is 11.1 Å². The van der Waals surface area contributed by atoms with Gasteiger partial charge in [-0.3, -0.25) is 14.2 Å². The highest BCUT2D eigenvalue weighted by Gasteiger charge is 2.34. The van der Waals surface area contributed by atoms with Crippen LogP contribution >= 0.6 is 7.60 Å². The lowest BCUT2D eigenvalue weighted by atomic mass is 9.87. The largest absolute Gasteiger partial charge is 0.396 e. The van der Waals surface area contributed by atoms with E-state index in [0.717, 1.165) is 0 Å². The molecule has 0 atom stereocenters. The molecule has 0 aliphatic rings. The van der Waals surface area contributed by atoms with Gasteiger partial charge in [-0.25, -0.2) is 0 Å². The van der Waals surface area contributed by atoms with Gasteiger partial charge in [0.05, 0.1) is 0 Å². The molecule has 3 rings (SSSR count). The van der Waals surface area contributed by atoms with Crippen LogP contribution in [0.2, 0.25) is 0 Å². The number of rotatable bonds is 5. The van der Waals surface area contributed by atoms with E-state index in [1.54, 1.807) is 74.5 Å². The molecule has 0 aromatic heterocycles. The van der Waals surface area contributed by atoms with Crippen molar-refractivity contribution in [2.45, 2.75) is 13.8 Å². The first-order valence-corrected chi connectivity index (χ1v) is 10.2. The summed E-state index contributed by atoms with van der Waals surface area (Å²) in [6.07, 6.45) is 0. The second-order valence-corrected chi connectivity index (χ2v) is 8.03. The van der Waals surface area contributed by atoms with Gasteiger partial charge in [-0.15, -0.1) is 0 Å². The average Bonchev–Trinajstić information content (AvgIpc) is 2.67. The molecule has 3 aromatic rings. The maximum absolute atomic E-state index is 13.5. The van der Waals surface area contributed by atoms with Crippen molar-refractivity contribution in [1.29, 1.82) is 0 Å². The van der Waals surface area contributed by atoms with Crippen molar-refractivity contribution in [3.8, 4) is 11.1 Å². The van der Waals surface area contributed by atoms with Gasteiger partial charge in [0.15, 0.2) is 5.78 Å². The smallest absolute Gasteiger partial charge is 0.319 e. The minimum atomic E-state index is -5.08. The molecule has 3 aromatic carbocycles. The minimum absolute atomic E-state index is 0.00817. The van der Waals surface area contributed by atoms with Gasteiger partial charge in [0, 0.05) is 16.7 Å². The standard InChI is InChI=1S/C22H19O5P/c1-14-8-6-7-11-17(14)21(23)20-18(16-9-4-3-5-10-16)13-12-15(2)19(20)22(24)28(25,26)27/h3-13H,1-2H3,(H2,25,26,27). The van der Waals surface area contributed by atoms with Gasteiger partial charge in [0.1, 0.15) is 0 Å². The summed E-state index contributed by atoms with van der Waals surface area (Å²) in [4.78, 5) is 45.1. The van der Waals surface area contributed by atoms with Gasteiger partial charge in [0.25, 0.3) is 5.52 Å². The highest BCUT2D eigenvalue weighted by atomic mass is 31.2. The zero-order chi connectivity index (χ0) is 20.5. The minimum Gasteiger partial charge on any atom is -0.319 e. The zero-order valence-corrected chi connectivity index (χ0v) is 16.3. The fourth-order valence-corrected chi connectivity index (χ4v) is 3.76. The van der Waals surface area contributed by atoms with E-state index in [4.69, 9.17) is 0 Å². The second kappa shape index (κ2) is 7.64. The Hall–Kier alpha value is -2.85. The van der Waals surface area contributed by atoms with Crippen molar-refractivity contribution < 1.29 is 23.9 Å². The van der Waals surface area contributed by atoms with Crippen molar-refractivity contribution in [1.82, 2.24) is 0 Å². The monoisotopic (exact) mass is 394 g/mol. The number of carbonyl (C=O) groups is 2. The average molecular weight is 394 g/mol. The Morgan fingerprint density at radius 2 is 1.36 bits per heavy atom. The maximum Gasteiger partial charge on any atom is 0.396 e. The van der Waals surface area contributed by atoms with Gasteiger partial charge < -0.3 is 9.79 Å². The molecular weight excluding hydrogens is 375 g/mol. The molecule has 0 aliphatic heterocycles. The summed E-state index contributed by atoms with van der Waals surface area (Å²) in [5, 5.41) is 0. The first-order chi connectivity index (χ1) is 13.2. The zero-order valence-electron chi connectivity index (χ0n) is 15.4. The van der Waals surface area contributed by atoms with Gasteiger partial charge in [-0.1, -0.05) is 66.7 Å². The number of hydrogen-bond acceptors (Lipinski definition) is 3. The number of benzene rings is 3. The fourth-order valence-electron chi connectivity index (χ4n) is 3.18. The molecule has 0 heterocycles. The lowest BCUT2D eigenvalue weighted by Gasteiger charge is -2.17. The van der Waals surface area contributed by atoms with Gasteiger partial charge in [-0.2, -0.15) is 0 Å². The lowest BCUT2D eigenvalue weighted by molar-refractivity contribution is 0.101. The van der Waals surface area contributed by atoms with Crippen LogP contribution in [-0.4, -0.2) is 21.1 Å². The van der Waals surface area contributed by atoms with E-state index in [9.17, 15) is 23.9 Å². The van der Waals surface area contributed by atoms with Crippen LogP contribution in [0.3, 0.4) is 0 Å². The Kier molecular flexibility index (Phi) is 5.43. The summed E-state index contributed by atoms with van der Waals surface area (Å²) in [5.41, 5.74) is 0.990. The Labute approximate surface area is 162 Å². The third-order valence-electron chi connectivity index (χ3n) is 4.59. The summed E-state index contributed by atoms with van der Waals surface area (Å²) < 4.78 is 11.7. The molecule has 0 radical (unpaired) electrons. The predicted molar refractivity (Wildman–Crippen MR) is 108 cm³/mol. The van der Waals surface area contributed by atoms with Gasteiger partial charge in [0.2, 0.25) is 0 Å². The molecule has 0 saturated heterocycles. The number of carbonyl (C=O) groups excluding carboxylic acids is 2. The molecule has 6 heteroatoms. The predicted octanol–water partition coefficient (Wildman–Crippen LogP) is 4.52. The molecule has 0 fully saturated rings. The first kappa shape index (κ1) is 19.9.